The molecule has 0 saturated carbocycles. The molecule has 1 N–H and O–H groups in total. The minimum atomic E-state index is -1.17. The average molecular weight is 307 g/mol. The molecule has 21 heavy (non-hydrogen) atoms. The first-order valence-electron chi connectivity index (χ1n) is 6.42. The Labute approximate surface area is 127 Å². The zero-order chi connectivity index (χ0) is 15.4. The third-order valence-corrected chi connectivity index (χ3v) is 3.20. The largest absolute Gasteiger partial charge is 0.493 e. The number of aromatic nitrogens is 2. The van der Waals surface area contributed by atoms with Gasteiger partial charge in [-0.2, -0.15) is 0 Å². The number of hydrogen-bond donors (Lipinski definition) is 1. The molecule has 5 nitrogen and oxygen atoms in total. The number of carbonyl (C=O) groups is 1. The molecule has 1 aromatic carbocycles. The number of nitrogens with zero attached hydrogens (tertiary/aromatic N) is 2. The molecule has 0 aliphatic heterocycles. The van der Waals surface area contributed by atoms with Crippen LogP contribution in [-0.2, 0) is 6.42 Å². The van der Waals surface area contributed by atoms with Gasteiger partial charge in [0.1, 0.15) is 11.6 Å². The molecule has 0 spiro atoms. The van der Waals surface area contributed by atoms with E-state index in [4.69, 9.17) is 21.4 Å². The molecule has 110 valence electrons. The number of benzene rings is 1. The van der Waals surface area contributed by atoms with Gasteiger partial charge < -0.3 is 9.84 Å². The van der Waals surface area contributed by atoms with Gasteiger partial charge in [0.05, 0.1) is 17.8 Å². The number of rotatable bonds is 5. The highest BCUT2D eigenvalue weighted by Gasteiger charge is 2.12. The summed E-state index contributed by atoms with van der Waals surface area (Å²) in [6, 6.07) is 5.97. The second-order valence-corrected chi connectivity index (χ2v) is 5.06. The maximum Gasteiger partial charge on any atom is 0.356 e. The Morgan fingerprint density at radius 1 is 1.38 bits per heavy atom. The molecular formula is C15H15ClN2O3. The quantitative estimate of drug-likeness (QED) is 0.919. The Morgan fingerprint density at radius 3 is 2.86 bits per heavy atom. The Bertz CT molecular complexity index is 674. The summed E-state index contributed by atoms with van der Waals surface area (Å²) in [5.41, 5.74) is 1.98. The van der Waals surface area contributed by atoms with Gasteiger partial charge >= 0.3 is 5.97 Å². The second-order valence-electron chi connectivity index (χ2n) is 4.66. The van der Waals surface area contributed by atoms with Crippen LogP contribution < -0.4 is 4.74 Å². The second kappa shape index (κ2) is 6.54. The smallest absolute Gasteiger partial charge is 0.356 e. The van der Waals surface area contributed by atoms with E-state index in [1.807, 2.05) is 32.0 Å². The fourth-order valence-corrected chi connectivity index (χ4v) is 1.96. The molecule has 2 rings (SSSR count). The Kier molecular flexibility index (Phi) is 4.75. The van der Waals surface area contributed by atoms with Crippen molar-refractivity contribution in [3.63, 3.8) is 0 Å². The summed E-state index contributed by atoms with van der Waals surface area (Å²) < 4.78 is 5.69. The summed E-state index contributed by atoms with van der Waals surface area (Å²) >= 11 is 5.72. The van der Waals surface area contributed by atoms with Crippen LogP contribution in [0, 0.1) is 13.8 Å². The van der Waals surface area contributed by atoms with Gasteiger partial charge in [-0.1, -0.05) is 23.7 Å². The number of halogens is 1. The highest BCUT2D eigenvalue weighted by molar-refractivity contribution is 6.33. The molecule has 0 fully saturated rings. The number of carboxylic acids is 1. The number of ether oxygens (including phenoxy) is 1. The van der Waals surface area contributed by atoms with Crippen molar-refractivity contribution >= 4 is 17.6 Å². The van der Waals surface area contributed by atoms with E-state index in [2.05, 4.69) is 9.97 Å². The summed E-state index contributed by atoms with van der Waals surface area (Å²) in [6.07, 6.45) is 1.70. The van der Waals surface area contributed by atoms with Crippen LogP contribution >= 0.6 is 11.6 Å². The highest BCUT2D eigenvalue weighted by Crippen LogP contribution is 2.19. The predicted octanol–water partition coefficient (Wildman–Crippen LogP) is 3.07. The fraction of sp³-hybridized carbons (Fsp3) is 0.267. The Balaban J connectivity index is 2.02. The van der Waals surface area contributed by atoms with Crippen LogP contribution in [0.25, 0.3) is 0 Å². The van der Waals surface area contributed by atoms with Crippen molar-refractivity contribution in [3.8, 4) is 5.75 Å². The predicted molar refractivity (Wildman–Crippen MR) is 79.1 cm³/mol. The molecule has 0 bridgehead atoms. The Morgan fingerprint density at radius 2 is 2.14 bits per heavy atom. The van der Waals surface area contributed by atoms with Gasteiger partial charge in [0.2, 0.25) is 0 Å². The first-order valence-corrected chi connectivity index (χ1v) is 6.80. The van der Waals surface area contributed by atoms with Crippen molar-refractivity contribution < 1.29 is 14.6 Å². The van der Waals surface area contributed by atoms with E-state index in [0.29, 0.717) is 18.9 Å². The van der Waals surface area contributed by atoms with Crippen LogP contribution in [0.2, 0.25) is 5.02 Å². The molecule has 2 aromatic rings. The van der Waals surface area contributed by atoms with E-state index in [1.165, 1.54) is 6.20 Å². The lowest BCUT2D eigenvalue weighted by Crippen LogP contribution is -2.10. The van der Waals surface area contributed by atoms with Crippen LogP contribution in [0.1, 0.15) is 27.4 Å². The number of aromatic carboxylic acids is 1. The van der Waals surface area contributed by atoms with Crippen molar-refractivity contribution in [2.75, 3.05) is 6.61 Å². The van der Waals surface area contributed by atoms with Crippen LogP contribution in [0.15, 0.2) is 24.4 Å². The third kappa shape index (κ3) is 3.92. The summed E-state index contributed by atoms with van der Waals surface area (Å²) in [4.78, 5) is 18.9. The van der Waals surface area contributed by atoms with Crippen LogP contribution in [-0.4, -0.2) is 27.7 Å². The molecule has 0 aliphatic carbocycles. The summed E-state index contributed by atoms with van der Waals surface area (Å²) in [5.74, 6) is 0.0311. The van der Waals surface area contributed by atoms with Gasteiger partial charge in [0.15, 0.2) is 5.69 Å². The number of aryl methyl sites for hydroxylation is 2. The first-order chi connectivity index (χ1) is 9.97. The van der Waals surface area contributed by atoms with Crippen LogP contribution in [0.4, 0.5) is 0 Å². The van der Waals surface area contributed by atoms with E-state index in [1.54, 1.807) is 0 Å². The standard InChI is InChI=1S/C15H15ClN2O3/c1-9-3-4-10(2)12(7-9)21-6-5-13-17-8-11(16)14(18-13)15(19)20/h3-4,7-8H,5-6H2,1-2H3,(H,19,20). The highest BCUT2D eigenvalue weighted by atomic mass is 35.5. The van der Waals surface area contributed by atoms with Crippen molar-refractivity contribution in [2.45, 2.75) is 20.3 Å². The molecule has 0 aliphatic rings. The van der Waals surface area contributed by atoms with Crippen molar-refractivity contribution in [1.82, 2.24) is 9.97 Å². The van der Waals surface area contributed by atoms with Crippen molar-refractivity contribution in [1.29, 1.82) is 0 Å². The number of carboxylic acid groups (broad SMARTS) is 1. The zero-order valence-electron chi connectivity index (χ0n) is 11.8. The van der Waals surface area contributed by atoms with E-state index in [-0.39, 0.29) is 10.7 Å². The van der Waals surface area contributed by atoms with E-state index >= 15 is 0 Å². The van der Waals surface area contributed by atoms with Gasteiger partial charge in [0.25, 0.3) is 0 Å². The summed E-state index contributed by atoms with van der Waals surface area (Å²) in [7, 11) is 0. The van der Waals surface area contributed by atoms with E-state index < -0.39 is 5.97 Å². The van der Waals surface area contributed by atoms with Crippen LogP contribution in [0.5, 0.6) is 5.75 Å². The SMILES string of the molecule is Cc1ccc(C)c(OCCc2ncc(Cl)c(C(=O)O)n2)c1. The monoisotopic (exact) mass is 306 g/mol. The molecule has 0 saturated heterocycles. The lowest BCUT2D eigenvalue weighted by molar-refractivity contribution is 0.0690. The normalized spacial score (nSPS) is 10.4. The maximum absolute atomic E-state index is 10.9. The number of hydrogen-bond acceptors (Lipinski definition) is 4. The van der Waals surface area contributed by atoms with Crippen molar-refractivity contribution in [2.24, 2.45) is 0 Å². The van der Waals surface area contributed by atoms with Crippen molar-refractivity contribution in [3.05, 3.63) is 52.1 Å². The lowest BCUT2D eigenvalue weighted by Gasteiger charge is -2.09. The minimum absolute atomic E-state index is 0.0293. The molecule has 0 radical (unpaired) electrons. The van der Waals surface area contributed by atoms with E-state index in [0.717, 1.165) is 16.9 Å². The van der Waals surface area contributed by atoms with Gasteiger partial charge in [0, 0.05) is 6.42 Å². The lowest BCUT2D eigenvalue weighted by atomic mass is 10.1. The van der Waals surface area contributed by atoms with Gasteiger partial charge in [-0.25, -0.2) is 14.8 Å². The van der Waals surface area contributed by atoms with E-state index in [9.17, 15) is 4.79 Å². The average Bonchev–Trinajstić information content (AvgIpc) is 2.44. The molecule has 1 aromatic heterocycles. The fourth-order valence-electron chi connectivity index (χ4n) is 1.79. The summed E-state index contributed by atoms with van der Waals surface area (Å²) in [5, 5.41) is 8.98. The maximum atomic E-state index is 10.9. The van der Waals surface area contributed by atoms with Gasteiger partial charge in [-0.05, 0) is 31.0 Å². The summed E-state index contributed by atoms with van der Waals surface area (Å²) in [6.45, 7) is 4.33. The molecule has 6 heteroatoms. The van der Waals surface area contributed by atoms with Gasteiger partial charge in [-0.3, -0.25) is 0 Å². The van der Waals surface area contributed by atoms with Crippen LogP contribution in [0.3, 0.4) is 0 Å². The first kappa shape index (κ1) is 15.3. The molecule has 0 unspecified atom stereocenters. The molecule has 1 heterocycles. The van der Waals surface area contributed by atoms with Gasteiger partial charge in [-0.15, -0.1) is 0 Å². The zero-order valence-corrected chi connectivity index (χ0v) is 12.5. The molecule has 0 atom stereocenters. The minimum Gasteiger partial charge on any atom is -0.493 e. The molecular weight excluding hydrogens is 292 g/mol. The third-order valence-electron chi connectivity index (χ3n) is 2.92. The molecule has 0 amide bonds. The topological polar surface area (TPSA) is 72.3 Å². The Hall–Kier alpha value is -2.14.